The van der Waals surface area contributed by atoms with E-state index in [1.165, 1.54) is 7.11 Å². The van der Waals surface area contributed by atoms with Crippen molar-refractivity contribution in [1.82, 2.24) is 4.98 Å². The highest BCUT2D eigenvalue weighted by Crippen LogP contribution is 2.31. The van der Waals surface area contributed by atoms with Gasteiger partial charge in [0.25, 0.3) is 5.78 Å². The normalized spacial score (nSPS) is 10.6. The number of halogens is 1. The Morgan fingerprint density at radius 2 is 1.73 bits per heavy atom. The zero-order valence-electron chi connectivity index (χ0n) is 11.7. The molecule has 3 rings (SSSR count). The number of hydrogen-bond donors (Lipinski definition) is 1. The minimum Gasteiger partial charge on any atom is -0.463 e. The lowest BCUT2D eigenvalue weighted by atomic mass is 10.0. The third kappa shape index (κ3) is 2.44. The van der Waals surface area contributed by atoms with Gasteiger partial charge in [0.2, 0.25) is 0 Å². The van der Waals surface area contributed by atoms with Crippen LogP contribution in [0.15, 0.2) is 53.0 Å². The van der Waals surface area contributed by atoms with Gasteiger partial charge in [0.05, 0.1) is 18.4 Å². The number of nitrogens with one attached hydrogen (secondary N) is 1. The number of rotatable bonds is 3. The second kappa shape index (κ2) is 5.77. The monoisotopic (exact) mass is 357 g/mol. The summed E-state index contributed by atoms with van der Waals surface area (Å²) in [4.78, 5) is 27.3. The molecule has 4 nitrogen and oxygen atoms in total. The number of carbonyl (C=O) groups excluding carboxylic acids is 2. The third-order valence-corrected chi connectivity index (χ3v) is 3.97. The third-order valence-electron chi connectivity index (χ3n) is 3.44. The van der Waals surface area contributed by atoms with Gasteiger partial charge in [-0.15, -0.1) is 0 Å². The molecule has 0 spiro atoms. The number of ketones is 1. The topological polar surface area (TPSA) is 59.2 Å². The summed E-state index contributed by atoms with van der Waals surface area (Å²) in [5.74, 6) is -1.53. The smallest absolute Gasteiger partial charge is 0.379 e. The van der Waals surface area contributed by atoms with Gasteiger partial charge >= 0.3 is 5.97 Å². The maximum atomic E-state index is 12.4. The van der Waals surface area contributed by atoms with Gasteiger partial charge in [0.15, 0.2) is 0 Å². The number of benzene rings is 2. The summed E-state index contributed by atoms with van der Waals surface area (Å²) in [6.45, 7) is 0. The van der Waals surface area contributed by atoms with Crippen molar-refractivity contribution in [1.29, 1.82) is 0 Å². The SMILES string of the molecule is COC(=O)C(=O)c1c(-c2ccc(Br)cc2)[nH]c2ccccc12. The molecule has 0 atom stereocenters. The van der Waals surface area contributed by atoms with Gasteiger partial charge in [-0.3, -0.25) is 4.79 Å². The van der Waals surface area contributed by atoms with Crippen molar-refractivity contribution in [3.8, 4) is 11.3 Å². The second-order valence-corrected chi connectivity index (χ2v) is 5.66. The van der Waals surface area contributed by atoms with Gasteiger partial charge in [-0.05, 0) is 23.8 Å². The lowest BCUT2D eigenvalue weighted by molar-refractivity contribution is -0.135. The van der Waals surface area contributed by atoms with E-state index < -0.39 is 11.8 Å². The van der Waals surface area contributed by atoms with Crippen LogP contribution in [0.2, 0.25) is 0 Å². The van der Waals surface area contributed by atoms with Crippen LogP contribution < -0.4 is 0 Å². The van der Waals surface area contributed by atoms with Crippen molar-refractivity contribution in [2.24, 2.45) is 0 Å². The lowest BCUT2D eigenvalue weighted by Gasteiger charge is -2.04. The summed E-state index contributed by atoms with van der Waals surface area (Å²) in [6, 6.07) is 14.9. The standard InChI is InChI=1S/C17H12BrNO3/c1-22-17(21)16(20)14-12-4-2-3-5-13(12)19-15(14)10-6-8-11(18)9-7-10/h2-9,19H,1H3. The Labute approximate surface area is 135 Å². The van der Waals surface area contributed by atoms with Crippen molar-refractivity contribution in [3.63, 3.8) is 0 Å². The molecule has 0 bridgehead atoms. The molecule has 2 aromatic carbocycles. The van der Waals surface area contributed by atoms with E-state index in [2.05, 4.69) is 25.7 Å². The van der Waals surface area contributed by atoms with Crippen LogP contribution in [0, 0.1) is 0 Å². The Morgan fingerprint density at radius 3 is 2.41 bits per heavy atom. The summed E-state index contributed by atoms with van der Waals surface area (Å²) in [6.07, 6.45) is 0. The Kier molecular flexibility index (Phi) is 3.81. The molecule has 0 radical (unpaired) electrons. The Hall–Kier alpha value is -2.40. The number of H-pyrrole nitrogens is 1. The van der Waals surface area contributed by atoms with Crippen LogP contribution in [0.4, 0.5) is 0 Å². The Bertz CT molecular complexity index is 865. The number of hydrogen-bond acceptors (Lipinski definition) is 3. The van der Waals surface area contributed by atoms with E-state index in [1.807, 2.05) is 48.5 Å². The van der Waals surface area contributed by atoms with Crippen LogP contribution in [-0.2, 0) is 9.53 Å². The molecule has 3 aromatic rings. The molecule has 1 N–H and O–H groups in total. The van der Waals surface area contributed by atoms with Gasteiger partial charge < -0.3 is 9.72 Å². The molecule has 1 heterocycles. The van der Waals surface area contributed by atoms with Crippen LogP contribution in [0.3, 0.4) is 0 Å². The molecular formula is C17H12BrNO3. The molecule has 0 unspecified atom stereocenters. The average Bonchev–Trinajstić information content (AvgIpc) is 2.93. The summed E-state index contributed by atoms with van der Waals surface area (Å²) < 4.78 is 5.52. The average molecular weight is 358 g/mol. The second-order valence-electron chi connectivity index (χ2n) is 4.75. The van der Waals surface area contributed by atoms with Crippen molar-refractivity contribution >= 4 is 38.6 Å². The highest BCUT2D eigenvalue weighted by atomic mass is 79.9. The van der Waals surface area contributed by atoms with E-state index in [4.69, 9.17) is 0 Å². The van der Waals surface area contributed by atoms with Crippen LogP contribution in [-0.4, -0.2) is 23.8 Å². The zero-order chi connectivity index (χ0) is 15.7. The van der Waals surface area contributed by atoms with Crippen molar-refractivity contribution in [2.45, 2.75) is 0 Å². The highest BCUT2D eigenvalue weighted by Gasteiger charge is 2.25. The number of fused-ring (bicyclic) bond motifs is 1. The summed E-state index contributed by atoms with van der Waals surface area (Å²) in [5, 5.41) is 0.704. The van der Waals surface area contributed by atoms with E-state index in [0.717, 1.165) is 15.6 Å². The Morgan fingerprint density at radius 1 is 1.05 bits per heavy atom. The van der Waals surface area contributed by atoms with E-state index in [0.29, 0.717) is 16.6 Å². The van der Waals surface area contributed by atoms with E-state index >= 15 is 0 Å². The predicted molar refractivity (Wildman–Crippen MR) is 87.8 cm³/mol. The number of esters is 1. The number of para-hydroxylation sites is 1. The molecule has 22 heavy (non-hydrogen) atoms. The van der Waals surface area contributed by atoms with Gasteiger partial charge in [0, 0.05) is 15.4 Å². The number of aromatic nitrogens is 1. The molecule has 110 valence electrons. The Balaban J connectivity index is 2.27. The van der Waals surface area contributed by atoms with Crippen LogP contribution in [0.25, 0.3) is 22.2 Å². The van der Waals surface area contributed by atoms with Gasteiger partial charge in [0.1, 0.15) is 0 Å². The van der Waals surface area contributed by atoms with Crippen molar-refractivity contribution < 1.29 is 14.3 Å². The lowest BCUT2D eigenvalue weighted by Crippen LogP contribution is -2.16. The minimum absolute atomic E-state index is 0.338. The number of carbonyl (C=O) groups is 2. The fourth-order valence-electron chi connectivity index (χ4n) is 2.41. The molecule has 0 aliphatic carbocycles. The number of methoxy groups -OCH3 is 1. The number of aromatic amines is 1. The first-order chi connectivity index (χ1) is 10.6. The fourth-order valence-corrected chi connectivity index (χ4v) is 2.67. The van der Waals surface area contributed by atoms with Gasteiger partial charge in [-0.2, -0.15) is 0 Å². The maximum absolute atomic E-state index is 12.4. The first-order valence-electron chi connectivity index (χ1n) is 6.61. The molecular weight excluding hydrogens is 346 g/mol. The fraction of sp³-hybridized carbons (Fsp3) is 0.0588. The molecule has 5 heteroatoms. The van der Waals surface area contributed by atoms with Crippen LogP contribution >= 0.6 is 15.9 Å². The van der Waals surface area contributed by atoms with Crippen molar-refractivity contribution in [2.75, 3.05) is 7.11 Å². The predicted octanol–water partition coefficient (Wildman–Crippen LogP) is 3.95. The maximum Gasteiger partial charge on any atom is 0.379 e. The molecule has 0 aliphatic rings. The summed E-state index contributed by atoms with van der Waals surface area (Å²) >= 11 is 3.38. The largest absolute Gasteiger partial charge is 0.463 e. The van der Waals surface area contributed by atoms with E-state index in [-0.39, 0.29) is 0 Å². The van der Waals surface area contributed by atoms with E-state index in [1.54, 1.807) is 0 Å². The van der Waals surface area contributed by atoms with Gasteiger partial charge in [-0.25, -0.2) is 4.79 Å². The van der Waals surface area contributed by atoms with Crippen LogP contribution in [0.5, 0.6) is 0 Å². The minimum atomic E-state index is -0.872. The molecule has 0 fully saturated rings. The van der Waals surface area contributed by atoms with E-state index in [9.17, 15) is 9.59 Å². The first-order valence-corrected chi connectivity index (χ1v) is 7.40. The van der Waals surface area contributed by atoms with Gasteiger partial charge in [-0.1, -0.05) is 46.3 Å². The summed E-state index contributed by atoms with van der Waals surface area (Å²) in [7, 11) is 1.20. The number of Topliss-reactive ketones (excluding diaryl/α,β-unsaturated/α-hetero) is 1. The molecule has 0 saturated heterocycles. The quantitative estimate of drug-likeness (QED) is 0.438. The molecule has 0 aliphatic heterocycles. The molecule has 0 amide bonds. The molecule has 0 saturated carbocycles. The number of ether oxygens (including phenoxy) is 1. The zero-order valence-corrected chi connectivity index (χ0v) is 13.3. The van der Waals surface area contributed by atoms with Crippen molar-refractivity contribution in [3.05, 3.63) is 58.6 Å². The van der Waals surface area contributed by atoms with Crippen LogP contribution in [0.1, 0.15) is 10.4 Å². The first kappa shape index (κ1) is 14.5. The molecule has 1 aromatic heterocycles. The summed E-state index contributed by atoms with van der Waals surface area (Å²) in [5.41, 5.74) is 2.58. The highest BCUT2D eigenvalue weighted by molar-refractivity contribution is 9.10.